The normalized spacial score (nSPS) is 44.2. The van der Waals surface area contributed by atoms with Crippen LogP contribution in [0.4, 0.5) is 0 Å². The summed E-state index contributed by atoms with van der Waals surface area (Å²) in [6.07, 6.45) is 8.65. The highest BCUT2D eigenvalue weighted by Crippen LogP contribution is 2.57. The van der Waals surface area contributed by atoms with Crippen molar-refractivity contribution in [2.75, 3.05) is 6.54 Å². The topological polar surface area (TPSA) is 55.1 Å². The maximum absolute atomic E-state index is 12.0. The van der Waals surface area contributed by atoms with Crippen molar-refractivity contribution >= 4 is 5.91 Å². The van der Waals surface area contributed by atoms with Gasteiger partial charge in [-0.25, -0.2) is 0 Å². The van der Waals surface area contributed by atoms with Crippen molar-refractivity contribution in [3.05, 3.63) is 0 Å². The molecule has 3 nitrogen and oxygen atoms in total. The highest BCUT2D eigenvalue weighted by Gasteiger charge is 2.56. The van der Waals surface area contributed by atoms with Gasteiger partial charge in [-0.15, -0.1) is 0 Å². The van der Waals surface area contributed by atoms with Gasteiger partial charge in [-0.1, -0.05) is 12.8 Å². The van der Waals surface area contributed by atoms with Gasteiger partial charge < -0.3 is 11.1 Å². The molecule has 3 aliphatic carbocycles. The van der Waals surface area contributed by atoms with Crippen LogP contribution in [0.1, 0.15) is 44.9 Å². The number of nitrogens with two attached hydrogens (primary N) is 1. The molecule has 17 heavy (non-hydrogen) atoms. The number of hydrogen-bond acceptors (Lipinski definition) is 2. The molecule has 0 saturated heterocycles. The lowest BCUT2D eigenvalue weighted by Crippen LogP contribution is -2.36. The van der Waals surface area contributed by atoms with E-state index in [-0.39, 0.29) is 0 Å². The summed E-state index contributed by atoms with van der Waals surface area (Å²) in [7, 11) is 0. The lowest BCUT2D eigenvalue weighted by molar-refractivity contribution is -0.123. The Morgan fingerprint density at radius 1 is 1.12 bits per heavy atom. The summed E-state index contributed by atoms with van der Waals surface area (Å²) >= 11 is 0. The van der Waals surface area contributed by atoms with Gasteiger partial charge in [0.15, 0.2) is 0 Å². The Labute approximate surface area is 104 Å². The van der Waals surface area contributed by atoms with Gasteiger partial charge in [0.2, 0.25) is 5.91 Å². The molecule has 0 radical (unpaired) electrons. The predicted molar refractivity (Wildman–Crippen MR) is 67.3 cm³/mol. The summed E-state index contributed by atoms with van der Waals surface area (Å²) in [6, 6.07) is 0.367. The second-order valence-electron chi connectivity index (χ2n) is 6.32. The molecule has 0 aromatic rings. The van der Waals surface area contributed by atoms with Crippen LogP contribution in [0, 0.1) is 23.7 Å². The van der Waals surface area contributed by atoms with Gasteiger partial charge in [-0.05, 0) is 49.9 Å². The lowest BCUT2D eigenvalue weighted by Gasteiger charge is -2.26. The molecule has 0 aromatic carbocycles. The second-order valence-corrected chi connectivity index (χ2v) is 6.32. The summed E-state index contributed by atoms with van der Waals surface area (Å²) in [5.74, 6) is 2.81. The first-order valence-corrected chi connectivity index (χ1v) is 7.29. The molecule has 4 atom stereocenters. The van der Waals surface area contributed by atoms with Crippen molar-refractivity contribution in [3.63, 3.8) is 0 Å². The molecular formula is C14H24N2O. The summed E-state index contributed by atoms with van der Waals surface area (Å²) in [6.45, 7) is 0.864. The number of nitrogens with one attached hydrogen (secondary N) is 1. The van der Waals surface area contributed by atoms with E-state index in [1.165, 1.54) is 32.1 Å². The Bertz CT molecular complexity index is 295. The van der Waals surface area contributed by atoms with Crippen LogP contribution in [0.3, 0.4) is 0 Å². The minimum atomic E-state index is 0.332. The van der Waals surface area contributed by atoms with Gasteiger partial charge in [0.05, 0.1) is 0 Å². The van der Waals surface area contributed by atoms with Gasteiger partial charge in [-0.2, -0.15) is 0 Å². The average molecular weight is 236 g/mol. The summed E-state index contributed by atoms with van der Waals surface area (Å²) in [4.78, 5) is 12.0. The van der Waals surface area contributed by atoms with Crippen LogP contribution < -0.4 is 11.1 Å². The van der Waals surface area contributed by atoms with E-state index in [2.05, 4.69) is 5.32 Å². The fraction of sp³-hybridized carbons (Fsp3) is 0.929. The Balaban J connectivity index is 1.41. The molecule has 4 unspecified atom stereocenters. The number of rotatable bonds is 3. The lowest BCUT2D eigenvalue weighted by atomic mass is 9.86. The van der Waals surface area contributed by atoms with Crippen molar-refractivity contribution in [1.29, 1.82) is 0 Å². The number of hydrogen-bond donors (Lipinski definition) is 2. The first-order valence-electron chi connectivity index (χ1n) is 7.29. The van der Waals surface area contributed by atoms with E-state index in [0.29, 0.717) is 23.8 Å². The zero-order chi connectivity index (χ0) is 11.8. The molecular weight excluding hydrogens is 212 g/mol. The third kappa shape index (κ3) is 2.35. The number of carbonyl (C=O) groups is 1. The number of carbonyl (C=O) groups excluding carboxylic acids is 1. The van der Waals surface area contributed by atoms with Crippen molar-refractivity contribution in [3.8, 4) is 0 Å². The minimum Gasteiger partial charge on any atom is -0.356 e. The quantitative estimate of drug-likeness (QED) is 0.783. The second kappa shape index (κ2) is 4.60. The summed E-state index contributed by atoms with van der Waals surface area (Å²) in [5.41, 5.74) is 5.97. The molecule has 0 spiro atoms. The minimum absolute atomic E-state index is 0.332. The molecule has 0 aliphatic heterocycles. The monoisotopic (exact) mass is 236 g/mol. The largest absolute Gasteiger partial charge is 0.356 e. The Kier molecular flexibility index (Phi) is 3.12. The highest BCUT2D eigenvalue weighted by atomic mass is 16.2. The van der Waals surface area contributed by atoms with Crippen LogP contribution in [0.5, 0.6) is 0 Å². The number of fused-ring (bicyclic) bond motifs is 1. The van der Waals surface area contributed by atoms with Crippen molar-refractivity contribution in [2.45, 2.75) is 51.0 Å². The number of amides is 1. The molecule has 0 aromatic heterocycles. The van der Waals surface area contributed by atoms with Crippen molar-refractivity contribution < 1.29 is 4.79 Å². The zero-order valence-electron chi connectivity index (χ0n) is 10.5. The molecule has 3 aliphatic rings. The fourth-order valence-corrected chi connectivity index (χ4v) is 4.09. The summed E-state index contributed by atoms with van der Waals surface area (Å²) in [5, 5.41) is 3.17. The van der Waals surface area contributed by atoms with Gasteiger partial charge >= 0.3 is 0 Å². The Morgan fingerprint density at radius 2 is 1.82 bits per heavy atom. The molecule has 1 amide bonds. The molecule has 96 valence electrons. The maximum Gasteiger partial charge on any atom is 0.223 e. The maximum atomic E-state index is 12.0. The van der Waals surface area contributed by atoms with Crippen LogP contribution in [0.2, 0.25) is 0 Å². The van der Waals surface area contributed by atoms with Crippen molar-refractivity contribution in [1.82, 2.24) is 5.32 Å². The standard InChI is InChI=1S/C14H24N2O/c15-10-4-1-3-9(7-10)8-16-14(17)13-11-5-2-6-12(11)13/h9-13H,1-8,15H2,(H,16,17). The third-order valence-electron chi connectivity index (χ3n) is 5.10. The van der Waals surface area contributed by atoms with Crippen molar-refractivity contribution in [2.24, 2.45) is 29.4 Å². The zero-order valence-corrected chi connectivity index (χ0v) is 10.5. The van der Waals surface area contributed by atoms with Crippen LogP contribution >= 0.6 is 0 Å². The average Bonchev–Trinajstić information content (AvgIpc) is 2.80. The van der Waals surface area contributed by atoms with E-state index in [9.17, 15) is 4.79 Å². The van der Waals surface area contributed by atoms with Gasteiger partial charge in [0.25, 0.3) is 0 Å². The Morgan fingerprint density at radius 3 is 2.53 bits per heavy atom. The van der Waals surface area contributed by atoms with Crippen LogP contribution in [-0.2, 0) is 4.79 Å². The molecule has 3 saturated carbocycles. The Hall–Kier alpha value is -0.570. The van der Waals surface area contributed by atoms with Crippen LogP contribution in [0.15, 0.2) is 0 Å². The van der Waals surface area contributed by atoms with E-state index in [0.717, 1.165) is 31.2 Å². The molecule has 3 N–H and O–H groups in total. The first kappa shape index (κ1) is 11.5. The molecule has 3 rings (SSSR count). The van der Waals surface area contributed by atoms with Crippen LogP contribution in [0.25, 0.3) is 0 Å². The summed E-state index contributed by atoms with van der Waals surface area (Å²) < 4.78 is 0. The third-order valence-corrected chi connectivity index (χ3v) is 5.10. The molecule has 3 fully saturated rings. The van der Waals surface area contributed by atoms with Gasteiger partial charge in [-0.3, -0.25) is 4.79 Å². The van der Waals surface area contributed by atoms with E-state index < -0.39 is 0 Å². The predicted octanol–water partition coefficient (Wildman–Crippen LogP) is 1.67. The highest BCUT2D eigenvalue weighted by molar-refractivity contribution is 5.82. The molecule has 0 bridgehead atoms. The van der Waals surface area contributed by atoms with E-state index >= 15 is 0 Å². The molecule has 0 heterocycles. The SMILES string of the molecule is NC1CCCC(CNC(=O)C2C3CCCC32)C1. The van der Waals surface area contributed by atoms with E-state index in [1.807, 2.05) is 0 Å². The first-order chi connectivity index (χ1) is 8.25. The van der Waals surface area contributed by atoms with E-state index in [4.69, 9.17) is 5.73 Å². The smallest absolute Gasteiger partial charge is 0.223 e. The van der Waals surface area contributed by atoms with Crippen LogP contribution in [-0.4, -0.2) is 18.5 Å². The van der Waals surface area contributed by atoms with Gasteiger partial charge in [0, 0.05) is 18.5 Å². The molecule has 3 heteroatoms. The van der Waals surface area contributed by atoms with E-state index in [1.54, 1.807) is 0 Å². The van der Waals surface area contributed by atoms with Gasteiger partial charge in [0.1, 0.15) is 0 Å². The fourth-order valence-electron chi connectivity index (χ4n) is 4.09.